The van der Waals surface area contributed by atoms with Gasteiger partial charge in [-0.15, -0.1) is 0 Å². The Balaban J connectivity index is 1.48. The molecule has 0 atom stereocenters. The van der Waals surface area contributed by atoms with Gasteiger partial charge in [-0.25, -0.2) is 4.68 Å². The van der Waals surface area contributed by atoms with Gasteiger partial charge in [0, 0.05) is 42.8 Å². The molecule has 1 amide bonds. The van der Waals surface area contributed by atoms with Crippen LogP contribution in [-0.2, 0) is 4.79 Å². The normalized spacial score (nSPS) is 18.6. The molecular weight excluding hydrogens is 406 g/mol. The molecular formula is C24H23N5OS. The summed E-state index contributed by atoms with van der Waals surface area (Å²) in [5.41, 5.74) is 3.62. The summed E-state index contributed by atoms with van der Waals surface area (Å²) >= 11 is 1.47. The second-order valence-electron chi connectivity index (χ2n) is 7.93. The average Bonchev–Trinajstić information content (AvgIpc) is 3.40. The van der Waals surface area contributed by atoms with Crippen molar-refractivity contribution in [2.45, 2.75) is 19.8 Å². The first-order valence-electron chi connectivity index (χ1n) is 10.5. The molecule has 7 heteroatoms. The van der Waals surface area contributed by atoms with Gasteiger partial charge in [-0.3, -0.25) is 9.78 Å². The van der Waals surface area contributed by atoms with Crippen LogP contribution in [0.25, 0.3) is 23.0 Å². The van der Waals surface area contributed by atoms with Gasteiger partial charge in [0.2, 0.25) is 0 Å². The van der Waals surface area contributed by atoms with Crippen molar-refractivity contribution in [3.63, 3.8) is 0 Å². The Labute approximate surface area is 185 Å². The molecule has 0 saturated carbocycles. The van der Waals surface area contributed by atoms with E-state index < -0.39 is 0 Å². The summed E-state index contributed by atoms with van der Waals surface area (Å²) in [6.45, 7) is 4.20. The molecule has 0 spiro atoms. The molecule has 5 rings (SSSR count). The monoisotopic (exact) mass is 429 g/mol. The summed E-state index contributed by atoms with van der Waals surface area (Å²) in [5.74, 6) is 0.562. The van der Waals surface area contributed by atoms with Crippen LogP contribution >= 0.6 is 11.8 Å². The van der Waals surface area contributed by atoms with Gasteiger partial charge < -0.3 is 4.90 Å². The van der Waals surface area contributed by atoms with Gasteiger partial charge in [0.05, 0.1) is 10.6 Å². The predicted octanol–water partition coefficient (Wildman–Crippen LogP) is 4.64. The van der Waals surface area contributed by atoms with E-state index in [0.717, 1.165) is 59.5 Å². The zero-order valence-electron chi connectivity index (χ0n) is 17.3. The van der Waals surface area contributed by atoms with Crippen molar-refractivity contribution in [2.75, 3.05) is 13.1 Å². The number of hydrogen-bond donors (Lipinski definition) is 0. The maximum absolute atomic E-state index is 12.7. The van der Waals surface area contributed by atoms with Crippen molar-refractivity contribution in [1.82, 2.24) is 19.7 Å². The Kier molecular flexibility index (Phi) is 5.42. The molecule has 1 saturated heterocycles. The highest BCUT2D eigenvalue weighted by molar-refractivity contribution is 8.18. The maximum Gasteiger partial charge on any atom is 0.286 e. The number of carbonyl (C=O) groups is 1. The molecule has 2 aromatic heterocycles. The molecule has 1 aromatic carbocycles. The van der Waals surface area contributed by atoms with Gasteiger partial charge in [-0.2, -0.15) is 10.1 Å². The minimum absolute atomic E-state index is 0.174. The van der Waals surface area contributed by atoms with E-state index in [1.165, 1.54) is 11.8 Å². The third-order valence-corrected chi connectivity index (χ3v) is 6.71. The summed E-state index contributed by atoms with van der Waals surface area (Å²) in [5, 5.41) is 5.63. The largest absolute Gasteiger partial charge is 0.351 e. The minimum atomic E-state index is -0.174. The number of pyridine rings is 1. The fourth-order valence-corrected chi connectivity index (χ4v) is 4.77. The first-order chi connectivity index (χ1) is 15.2. The number of para-hydroxylation sites is 1. The number of nitrogens with zero attached hydrogens (tertiary/aromatic N) is 5. The molecule has 1 fully saturated rings. The van der Waals surface area contributed by atoms with Gasteiger partial charge in [0.1, 0.15) is 5.69 Å². The third kappa shape index (κ3) is 4.18. The van der Waals surface area contributed by atoms with Crippen molar-refractivity contribution in [2.24, 2.45) is 10.9 Å². The fourth-order valence-electron chi connectivity index (χ4n) is 3.81. The Morgan fingerprint density at radius 1 is 1.06 bits per heavy atom. The summed E-state index contributed by atoms with van der Waals surface area (Å²) in [6.07, 6.45) is 9.67. The SMILES string of the molecule is CC1CCN(C2=NC(=O)C(=Cc3cn(-c4ccccc4)nc3-c3ccncc3)S2)CC1. The van der Waals surface area contributed by atoms with Crippen LogP contribution in [0.1, 0.15) is 25.3 Å². The summed E-state index contributed by atoms with van der Waals surface area (Å²) in [4.78, 5) is 24.0. The molecule has 2 aliphatic heterocycles. The van der Waals surface area contributed by atoms with Crippen LogP contribution < -0.4 is 0 Å². The van der Waals surface area contributed by atoms with Crippen LogP contribution in [0.3, 0.4) is 0 Å². The van der Waals surface area contributed by atoms with Crippen LogP contribution in [-0.4, -0.2) is 43.8 Å². The van der Waals surface area contributed by atoms with Gasteiger partial charge in [0.25, 0.3) is 5.91 Å². The number of amidine groups is 1. The average molecular weight is 430 g/mol. The molecule has 4 heterocycles. The van der Waals surface area contributed by atoms with E-state index in [0.29, 0.717) is 4.91 Å². The quantitative estimate of drug-likeness (QED) is 0.568. The smallest absolute Gasteiger partial charge is 0.286 e. The van der Waals surface area contributed by atoms with Crippen molar-refractivity contribution in [3.05, 3.63) is 71.5 Å². The zero-order chi connectivity index (χ0) is 21.2. The zero-order valence-corrected chi connectivity index (χ0v) is 18.1. The van der Waals surface area contributed by atoms with E-state index in [4.69, 9.17) is 5.10 Å². The Hall–Kier alpha value is -3.19. The van der Waals surface area contributed by atoms with Crippen molar-refractivity contribution in [1.29, 1.82) is 0 Å². The first-order valence-corrected chi connectivity index (χ1v) is 11.3. The van der Waals surface area contributed by atoms with Gasteiger partial charge >= 0.3 is 0 Å². The van der Waals surface area contributed by atoms with Crippen molar-refractivity contribution < 1.29 is 4.79 Å². The molecule has 0 aliphatic carbocycles. The summed E-state index contributed by atoms with van der Waals surface area (Å²) < 4.78 is 1.85. The topological polar surface area (TPSA) is 63.4 Å². The van der Waals surface area contributed by atoms with E-state index in [9.17, 15) is 4.79 Å². The van der Waals surface area contributed by atoms with E-state index >= 15 is 0 Å². The Morgan fingerprint density at radius 3 is 2.55 bits per heavy atom. The predicted molar refractivity (Wildman–Crippen MR) is 125 cm³/mol. The van der Waals surface area contributed by atoms with Crippen LogP contribution in [0.4, 0.5) is 0 Å². The van der Waals surface area contributed by atoms with Gasteiger partial charge in [0.15, 0.2) is 5.17 Å². The lowest BCUT2D eigenvalue weighted by atomic mass is 10.00. The van der Waals surface area contributed by atoms with E-state index in [1.54, 1.807) is 12.4 Å². The lowest BCUT2D eigenvalue weighted by Gasteiger charge is -2.30. The standard InChI is InChI=1S/C24H23N5OS/c1-17-9-13-28(14-10-17)24-26-23(30)21(31-24)15-19-16-29(20-5-3-2-4-6-20)27-22(19)18-7-11-25-12-8-18/h2-8,11-12,15-17H,9-10,13-14H2,1H3. The highest BCUT2D eigenvalue weighted by atomic mass is 32.2. The third-order valence-electron chi connectivity index (χ3n) is 5.67. The van der Waals surface area contributed by atoms with E-state index in [2.05, 4.69) is 21.8 Å². The van der Waals surface area contributed by atoms with Gasteiger partial charge in [-0.05, 0) is 60.9 Å². The fraction of sp³-hybridized carbons (Fsp3) is 0.250. The van der Waals surface area contributed by atoms with Crippen LogP contribution in [0.15, 0.2) is 71.0 Å². The Morgan fingerprint density at radius 2 is 1.81 bits per heavy atom. The van der Waals surface area contributed by atoms with Crippen LogP contribution in [0.2, 0.25) is 0 Å². The number of aliphatic imine (C=N–C) groups is 1. The number of hydrogen-bond acceptors (Lipinski definition) is 5. The Bertz CT molecular complexity index is 1150. The number of thioether (sulfide) groups is 1. The number of carbonyl (C=O) groups excluding carboxylic acids is 1. The number of rotatable bonds is 3. The summed E-state index contributed by atoms with van der Waals surface area (Å²) in [6, 6.07) is 13.8. The molecule has 6 nitrogen and oxygen atoms in total. The summed E-state index contributed by atoms with van der Waals surface area (Å²) in [7, 11) is 0. The minimum Gasteiger partial charge on any atom is -0.351 e. The lowest BCUT2D eigenvalue weighted by Crippen LogP contribution is -2.35. The number of amides is 1. The first kappa shape index (κ1) is 19.8. The van der Waals surface area contributed by atoms with Crippen molar-refractivity contribution >= 4 is 28.9 Å². The van der Waals surface area contributed by atoms with E-state index in [1.807, 2.05) is 59.4 Å². The van der Waals surface area contributed by atoms with Crippen molar-refractivity contribution in [3.8, 4) is 16.9 Å². The molecule has 31 heavy (non-hydrogen) atoms. The maximum atomic E-state index is 12.7. The second kappa shape index (κ2) is 8.51. The highest BCUT2D eigenvalue weighted by Crippen LogP contribution is 2.34. The molecule has 3 aromatic rings. The molecule has 0 unspecified atom stereocenters. The number of aromatic nitrogens is 3. The molecule has 0 radical (unpaired) electrons. The molecule has 2 aliphatic rings. The van der Waals surface area contributed by atoms with Crippen LogP contribution in [0, 0.1) is 5.92 Å². The number of benzene rings is 1. The lowest BCUT2D eigenvalue weighted by molar-refractivity contribution is -0.113. The highest BCUT2D eigenvalue weighted by Gasteiger charge is 2.28. The van der Waals surface area contributed by atoms with Crippen LogP contribution in [0.5, 0.6) is 0 Å². The molecule has 0 N–H and O–H groups in total. The molecule has 0 bridgehead atoms. The molecule has 156 valence electrons. The van der Waals surface area contributed by atoms with Gasteiger partial charge in [-0.1, -0.05) is 25.1 Å². The number of likely N-dealkylation sites (tertiary alicyclic amines) is 1. The number of piperidine rings is 1. The second-order valence-corrected chi connectivity index (χ2v) is 8.94. The van der Waals surface area contributed by atoms with E-state index in [-0.39, 0.29) is 5.91 Å².